The lowest BCUT2D eigenvalue weighted by Gasteiger charge is -2.37. The second-order valence-corrected chi connectivity index (χ2v) is 8.45. The number of rotatable bonds is 8. The predicted molar refractivity (Wildman–Crippen MR) is 134 cm³/mol. The molecule has 2 aliphatic rings. The van der Waals surface area contributed by atoms with Gasteiger partial charge in [0.05, 0.1) is 37.4 Å². The van der Waals surface area contributed by atoms with Crippen LogP contribution in [0.25, 0.3) is 5.70 Å². The van der Waals surface area contributed by atoms with Crippen LogP contribution in [0.5, 0.6) is 5.75 Å². The van der Waals surface area contributed by atoms with E-state index in [-0.39, 0.29) is 18.9 Å². The summed E-state index contributed by atoms with van der Waals surface area (Å²) in [6.07, 6.45) is 0.169. The fraction of sp³-hybridized carbons (Fsp3) is 0.269. The highest BCUT2D eigenvalue weighted by atomic mass is 32.2. The molecule has 0 aromatic heterocycles. The first-order valence-electron chi connectivity index (χ1n) is 11.2. The summed E-state index contributed by atoms with van der Waals surface area (Å²) in [5.74, 6) is 0.0939. The van der Waals surface area contributed by atoms with Crippen LogP contribution in [-0.2, 0) is 14.3 Å². The summed E-state index contributed by atoms with van der Waals surface area (Å²) in [6.45, 7) is 4.44. The maximum atomic E-state index is 13.5. The molecule has 8 heteroatoms. The molecule has 2 aromatic rings. The van der Waals surface area contributed by atoms with Crippen molar-refractivity contribution in [3.05, 3.63) is 82.4 Å². The lowest BCUT2D eigenvalue weighted by molar-refractivity contribution is -0.139. The Morgan fingerprint density at radius 1 is 1.09 bits per heavy atom. The van der Waals surface area contributed by atoms with Crippen LogP contribution in [0.2, 0.25) is 0 Å². The molecule has 0 radical (unpaired) electrons. The molecule has 0 saturated carbocycles. The van der Waals surface area contributed by atoms with Gasteiger partial charge in [0.1, 0.15) is 5.75 Å². The van der Waals surface area contributed by atoms with Crippen molar-refractivity contribution in [2.24, 2.45) is 4.99 Å². The van der Waals surface area contributed by atoms with Crippen molar-refractivity contribution in [3.63, 3.8) is 0 Å². The van der Waals surface area contributed by atoms with Crippen molar-refractivity contribution in [1.82, 2.24) is 10.2 Å². The zero-order valence-corrected chi connectivity index (χ0v) is 20.2. The first-order chi connectivity index (χ1) is 16.6. The molecule has 1 atom stereocenters. The first kappa shape index (κ1) is 23.6. The van der Waals surface area contributed by atoms with Gasteiger partial charge < -0.3 is 19.7 Å². The minimum Gasteiger partial charge on any atom is -0.496 e. The van der Waals surface area contributed by atoms with Crippen LogP contribution in [0.4, 0.5) is 0 Å². The Morgan fingerprint density at radius 2 is 1.82 bits per heavy atom. The second kappa shape index (κ2) is 10.6. The van der Waals surface area contributed by atoms with Gasteiger partial charge in [0.15, 0.2) is 5.17 Å². The number of aliphatic imine (C=N–C) groups is 1. The maximum Gasteiger partial charge on any atom is 0.338 e. The van der Waals surface area contributed by atoms with E-state index in [4.69, 9.17) is 14.5 Å². The van der Waals surface area contributed by atoms with Gasteiger partial charge in [-0.25, -0.2) is 9.79 Å². The smallest absolute Gasteiger partial charge is 0.338 e. The number of hydrogen-bond acceptors (Lipinski definition) is 7. The number of esters is 1. The number of benzene rings is 2. The van der Waals surface area contributed by atoms with Crippen LogP contribution >= 0.6 is 11.8 Å². The highest BCUT2D eigenvalue weighted by Crippen LogP contribution is 2.48. The highest BCUT2D eigenvalue weighted by Gasteiger charge is 2.43. The Labute approximate surface area is 203 Å². The third kappa shape index (κ3) is 4.59. The molecule has 0 saturated heterocycles. The van der Waals surface area contributed by atoms with Gasteiger partial charge in [-0.15, -0.1) is 0 Å². The quantitative estimate of drug-likeness (QED) is 0.564. The van der Waals surface area contributed by atoms with Gasteiger partial charge in [-0.05, 0) is 25.3 Å². The van der Waals surface area contributed by atoms with E-state index >= 15 is 0 Å². The SMILES string of the molecule is CCNC(=O)CC1=CSC2=NC(c3ccccc3)=C(C(=O)OCC)[C@H](c3ccccc3OC)N12. The van der Waals surface area contributed by atoms with E-state index in [2.05, 4.69) is 5.32 Å². The normalized spacial score (nSPS) is 17.0. The molecule has 0 fully saturated rings. The van der Waals surface area contributed by atoms with E-state index < -0.39 is 12.0 Å². The van der Waals surface area contributed by atoms with Crippen LogP contribution in [0.15, 0.2) is 76.3 Å². The van der Waals surface area contributed by atoms with E-state index in [9.17, 15) is 9.59 Å². The first-order valence-corrected chi connectivity index (χ1v) is 12.1. The van der Waals surface area contributed by atoms with Crippen molar-refractivity contribution < 1.29 is 19.1 Å². The maximum absolute atomic E-state index is 13.5. The van der Waals surface area contributed by atoms with Crippen LogP contribution < -0.4 is 10.1 Å². The van der Waals surface area contributed by atoms with Gasteiger partial charge in [0.25, 0.3) is 0 Å². The molecule has 0 bridgehead atoms. The van der Waals surface area contributed by atoms with Crippen LogP contribution in [-0.4, -0.2) is 42.2 Å². The summed E-state index contributed by atoms with van der Waals surface area (Å²) in [7, 11) is 1.60. The second-order valence-electron chi connectivity index (χ2n) is 7.61. The Kier molecular flexibility index (Phi) is 7.37. The van der Waals surface area contributed by atoms with E-state index in [1.54, 1.807) is 14.0 Å². The van der Waals surface area contributed by atoms with E-state index in [1.807, 2.05) is 71.8 Å². The molecule has 176 valence electrons. The molecule has 4 rings (SSSR count). The Morgan fingerprint density at radius 3 is 2.53 bits per heavy atom. The van der Waals surface area contributed by atoms with Crippen LogP contribution in [0.1, 0.15) is 37.4 Å². The highest BCUT2D eigenvalue weighted by molar-refractivity contribution is 8.16. The zero-order valence-electron chi connectivity index (χ0n) is 19.4. The minimum absolute atomic E-state index is 0.0927. The number of hydrogen-bond donors (Lipinski definition) is 1. The van der Waals surface area contributed by atoms with Crippen molar-refractivity contribution in [3.8, 4) is 5.75 Å². The molecule has 2 aromatic carbocycles. The fourth-order valence-corrected chi connectivity index (χ4v) is 5.02. The Balaban J connectivity index is 1.93. The number of amidine groups is 1. The number of amides is 1. The third-order valence-corrected chi connectivity index (χ3v) is 6.39. The summed E-state index contributed by atoms with van der Waals surface area (Å²) in [5.41, 5.74) is 3.33. The van der Waals surface area contributed by atoms with Crippen LogP contribution in [0.3, 0.4) is 0 Å². The number of methoxy groups -OCH3 is 1. The molecule has 1 amide bonds. The molecule has 2 heterocycles. The number of carbonyl (C=O) groups excluding carboxylic acids is 2. The average molecular weight is 478 g/mol. The molecule has 7 nitrogen and oxygen atoms in total. The van der Waals surface area contributed by atoms with E-state index in [0.29, 0.717) is 28.7 Å². The molecule has 0 spiro atoms. The lowest BCUT2D eigenvalue weighted by Crippen LogP contribution is -2.38. The van der Waals surface area contributed by atoms with Gasteiger partial charge >= 0.3 is 5.97 Å². The van der Waals surface area contributed by atoms with E-state index in [0.717, 1.165) is 16.8 Å². The molecule has 0 unspecified atom stereocenters. The van der Waals surface area contributed by atoms with Gasteiger partial charge in [0, 0.05) is 23.4 Å². The molecule has 0 aliphatic carbocycles. The molecule has 34 heavy (non-hydrogen) atoms. The zero-order chi connectivity index (χ0) is 24.1. The van der Waals surface area contributed by atoms with Crippen molar-refractivity contribution in [1.29, 1.82) is 0 Å². The van der Waals surface area contributed by atoms with E-state index in [1.165, 1.54) is 11.8 Å². The Hall–Kier alpha value is -3.52. The number of carbonyl (C=O) groups is 2. The largest absolute Gasteiger partial charge is 0.496 e. The summed E-state index contributed by atoms with van der Waals surface area (Å²) in [6, 6.07) is 16.6. The number of thioether (sulfide) groups is 1. The van der Waals surface area contributed by atoms with Crippen molar-refractivity contribution in [2.75, 3.05) is 20.3 Å². The molecular weight excluding hydrogens is 450 g/mol. The fourth-order valence-electron chi connectivity index (χ4n) is 4.10. The predicted octanol–water partition coefficient (Wildman–Crippen LogP) is 4.50. The molecular formula is C26H27N3O4S. The number of ether oxygens (including phenoxy) is 2. The van der Waals surface area contributed by atoms with Gasteiger partial charge in [-0.2, -0.15) is 0 Å². The topological polar surface area (TPSA) is 80.2 Å². The van der Waals surface area contributed by atoms with Crippen molar-refractivity contribution >= 4 is 34.5 Å². The minimum atomic E-state index is -0.575. The average Bonchev–Trinajstić information content (AvgIpc) is 3.25. The van der Waals surface area contributed by atoms with Crippen LogP contribution in [0, 0.1) is 0 Å². The molecule has 1 N–H and O–H groups in total. The Bertz CT molecular complexity index is 1170. The lowest BCUT2D eigenvalue weighted by atomic mass is 9.91. The monoisotopic (exact) mass is 477 g/mol. The van der Waals surface area contributed by atoms with Gasteiger partial charge in [0.2, 0.25) is 5.91 Å². The van der Waals surface area contributed by atoms with Gasteiger partial charge in [-0.1, -0.05) is 60.3 Å². The summed E-state index contributed by atoms with van der Waals surface area (Å²) in [5, 5.41) is 5.47. The number of para-hydroxylation sites is 1. The number of nitrogens with one attached hydrogen (secondary N) is 1. The molecule has 2 aliphatic heterocycles. The van der Waals surface area contributed by atoms with Gasteiger partial charge in [-0.3, -0.25) is 4.79 Å². The standard InChI is InChI=1S/C26H27N3O4S/c1-4-27-21(30)15-18-16-34-26-28-23(17-11-7-6-8-12-17)22(25(31)33-5-2)24(29(18)26)19-13-9-10-14-20(19)32-3/h6-14,16,24H,4-5,15H2,1-3H3,(H,27,30)/t24-/m0/s1. The number of nitrogens with zero attached hydrogens (tertiary/aromatic N) is 2. The summed E-state index contributed by atoms with van der Waals surface area (Å²) in [4.78, 5) is 32.8. The summed E-state index contributed by atoms with van der Waals surface area (Å²) < 4.78 is 11.2. The van der Waals surface area contributed by atoms with Crippen molar-refractivity contribution in [2.45, 2.75) is 26.3 Å². The number of fused-ring (bicyclic) bond motifs is 1. The third-order valence-electron chi connectivity index (χ3n) is 5.50. The summed E-state index contributed by atoms with van der Waals surface area (Å²) >= 11 is 1.44.